The van der Waals surface area contributed by atoms with Gasteiger partial charge in [-0.3, -0.25) is 19.2 Å². The number of amides is 1. The summed E-state index contributed by atoms with van der Waals surface area (Å²) in [5.41, 5.74) is 1.42. The number of hydrogen-bond acceptors (Lipinski definition) is 5. The lowest BCUT2D eigenvalue weighted by Crippen LogP contribution is -2.49. The van der Waals surface area contributed by atoms with Gasteiger partial charge in [-0.05, 0) is 30.5 Å². The molecule has 7 heteroatoms. The maximum absolute atomic E-state index is 13.5. The average Bonchev–Trinajstić information content (AvgIpc) is 2.82. The molecule has 1 unspecified atom stereocenters. The first kappa shape index (κ1) is 19.7. The lowest BCUT2D eigenvalue weighted by molar-refractivity contribution is 0.0591. The van der Waals surface area contributed by atoms with Crippen LogP contribution in [-0.2, 0) is 6.54 Å². The topological polar surface area (TPSA) is 96.7 Å². The molecule has 2 aromatic carbocycles. The number of carbonyl (C=O) groups excluding carboxylic acids is 3. The normalized spacial score (nSPS) is 20.7. The van der Waals surface area contributed by atoms with Crippen LogP contribution in [0.15, 0.2) is 59.4 Å². The van der Waals surface area contributed by atoms with Crippen LogP contribution in [0.25, 0.3) is 0 Å². The Morgan fingerprint density at radius 1 is 0.818 bits per heavy atom. The molecule has 33 heavy (non-hydrogen) atoms. The van der Waals surface area contributed by atoms with E-state index in [1.807, 2.05) is 6.07 Å². The van der Waals surface area contributed by atoms with Gasteiger partial charge in [-0.2, -0.15) is 0 Å². The maximum atomic E-state index is 13.5. The fourth-order valence-corrected chi connectivity index (χ4v) is 5.57. The number of carbonyl (C=O) groups is 3. The average molecular weight is 440 g/mol. The van der Waals surface area contributed by atoms with Crippen LogP contribution in [0.2, 0.25) is 0 Å². The fourth-order valence-electron chi connectivity index (χ4n) is 5.57. The molecule has 7 nitrogen and oxygen atoms in total. The summed E-state index contributed by atoms with van der Waals surface area (Å²) in [5, 5.41) is 11.0. The molecule has 2 bridgehead atoms. The molecule has 164 valence electrons. The van der Waals surface area contributed by atoms with Crippen LogP contribution in [-0.4, -0.2) is 45.1 Å². The van der Waals surface area contributed by atoms with E-state index in [1.165, 1.54) is 12.1 Å². The second-order valence-corrected chi connectivity index (χ2v) is 9.00. The van der Waals surface area contributed by atoms with Crippen molar-refractivity contribution < 1.29 is 19.5 Å². The van der Waals surface area contributed by atoms with Gasteiger partial charge in [-0.15, -0.1) is 0 Å². The van der Waals surface area contributed by atoms with E-state index in [-0.39, 0.29) is 51.3 Å². The number of likely N-dealkylation sites (tertiary alicyclic amines) is 1. The maximum Gasteiger partial charge on any atom is 0.257 e. The summed E-state index contributed by atoms with van der Waals surface area (Å²) in [4.78, 5) is 53.3. The number of ketones is 2. The molecule has 0 radical (unpaired) electrons. The Balaban J connectivity index is 1.36. The van der Waals surface area contributed by atoms with E-state index in [1.54, 1.807) is 45.9 Å². The Hall–Kier alpha value is -4.00. The van der Waals surface area contributed by atoms with Crippen molar-refractivity contribution in [3.05, 3.63) is 98.5 Å². The molecular formula is C26H20N2O5. The third kappa shape index (κ3) is 2.81. The molecule has 1 amide bonds. The highest BCUT2D eigenvalue weighted by atomic mass is 16.3. The van der Waals surface area contributed by atoms with Crippen molar-refractivity contribution >= 4 is 17.5 Å². The summed E-state index contributed by atoms with van der Waals surface area (Å²) in [6.07, 6.45) is 0.896. The van der Waals surface area contributed by atoms with E-state index in [0.717, 1.165) is 12.1 Å². The first-order valence-corrected chi connectivity index (χ1v) is 11.0. The number of hydrogen-bond donors (Lipinski definition) is 1. The van der Waals surface area contributed by atoms with E-state index < -0.39 is 11.5 Å². The van der Waals surface area contributed by atoms with E-state index in [9.17, 15) is 24.3 Å². The zero-order chi connectivity index (χ0) is 22.9. The zero-order valence-electron chi connectivity index (χ0n) is 17.7. The number of aromatic nitrogens is 1. The predicted octanol–water partition coefficient (Wildman–Crippen LogP) is 2.59. The van der Waals surface area contributed by atoms with E-state index in [0.29, 0.717) is 25.2 Å². The lowest BCUT2D eigenvalue weighted by Gasteiger charge is -2.42. The summed E-state index contributed by atoms with van der Waals surface area (Å²) in [6, 6.07) is 14.6. The molecule has 1 fully saturated rings. The van der Waals surface area contributed by atoms with Gasteiger partial charge in [-0.25, -0.2) is 0 Å². The minimum absolute atomic E-state index is 0.0136. The lowest BCUT2D eigenvalue weighted by atomic mass is 9.81. The van der Waals surface area contributed by atoms with Crippen LogP contribution in [0.4, 0.5) is 0 Å². The Morgan fingerprint density at radius 2 is 1.58 bits per heavy atom. The Morgan fingerprint density at radius 3 is 2.36 bits per heavy atom. The Kier molecular flexibility index (Phi) is 4.17. The van der Waals surface area contributed by atoms with Crippen molar-refractivity contribution in [2.75, 3.05) is 13.1 Å². The highest BCUT2D eigenvalue weighted by Gasteiger charge is 2.39. The van der Waals surface area contributed by atoms with Crippen molar-refractivity contribution in [1.29, 1.82) is 0 Å². The van der Waals surface area contributed by atoms with Crippen LogP contribution >= 0.6 is 0 Å². The number of piperidine rings is 1. The van der Waals surface area contributed by atoms with Crippen LogP contribution in [0.5, 0.6) is 5.75 Å². The van der Waals surface area contributed by atoms with E-state index in [2.05, 4.69) is 0 Å². The minimum Gasteiger partial charge on any atom is -0.506 e. The summed E-state index contributed by atoms with van der Waals surface area (Å²) in [5.74, 6) is -1.46. The minimum atomic E-state index is -0.462. The summed E-state index contributed by atoms with van der Waals surface area (Å²) >= 11 is 0. The molecule has 2 aliphatic heterocycles. The van der Waals surface area contributed by atoms with Gasteiger partial charge in [0.25, 0.3) is 11.5 Å². The van der Waals surface area contributed by atoms with Crippen LogP contribution < -0.4 is 5.56 Å². The second kappa shape index (κ2) is 7.00. The summed E-state index contributed by atoms with van der Waals surface area (Å²) in [7, 11) is 0. The monoisotopic (exact) mass is 440 g/mol. The fraction of sp³-hybridized carbons (Fsp3) is 0.231. The highest BCUT2D eigenvalue weighted by Crippen LogP contribution is 2.38. The number of pyridine rings is 1. The van der Waals surface area contributed by atoms with Crippen molar-refractivity contribution in [3.63, 3.8) is 0 Å². The molecule has 1 aromatic heterocycles. The number of benzene rings is 2. The Bertz CT molecular complexity index is 1440. The van der Waals surface area contributed by atoms with Gasteiger partial charge in [0.15, 0.2) is 11.6 Å². The van der Waals surface area contributed by atoms with Crippen molar-refractivity contribution in [2.45, 2.75) is 18.9 Å². The first-order valence-electron chi connectivity index (χ1n) is 11.0. The van der Waals surface area contributed by atoms with Gasteiger partial charge >= 0.3 is 0 Å². The van der Waals surface area contributed by atoms with Crippen LogP contribution in [0, 0.1) is 5.92 Å². The molecule has 1 N–H and O–H groups in total. The van der Waals surface area contributed by atoms with E-state index in [4.69, 9.17) is 0 Å². The number of aromatic hydroxyl groups is 1. The van der Waals surface area contributed by atoms with Gasteiger partial charge in [0.05, 0.1) is 11.1 Å². The second-order valence-electron chi connectivity index (χ2n) is 9.00. The van der Waals surface area contributed by atoms with Crippen LogP contribution in [0.1, 0.15) is 60.2 Å². The molecule has 1 saturated heterocycles. The smallest absolute Gasteiger partial charge is 0.257 e. The van der Waals surface area contributed by atoms with Gasteiger partial charge in [0, 0.05) is 54.0 Å². The van der Waals surface area contributed by atoms with Gasteiger partial charge in [-0.1, -0.05) is 30.3 Å². The number of fused-ring (bicyclic) bond motifs is 6. The standard InChI is InChI=1S/C26H20N2O5/c29-21-7-3-6-20-15-10-14(12-28(20)21)11-27(13-15)26(33)19-9-8-18-22(25(19)32)24(31)17-5-2-1-4-16(17)23(18)30/h1-9,14-15,32H,10-13H2/t14?,15-/m1/s1. The first-order chi connectivity index (χ1) is 15.9. The van der Waals surface area contributed by atoms with Crippen molar-refractivity contribution in [1.82, 2.24) is 9.47 Å². The number of nitrogens with zero attached hydrogens (tertiary/aromatic N) is 2. The molecule has 1 aliphatic carbocycles. The largest absolute Gasteiger partial charge is 0.506 e. The van der Waals surface area contributed by atoms with Gasteiger partial charge in [0.1, 0.15) is 5.75 Å². The number of rotatable bonds is 1. The predicted molar refractivity (Wildman–Crippen MR) is 119 cm³/mol. The molecular weight excluding hydrogens is 420 g/mol. The summed E-state index contributed by atoms with van der Waals surface area (Å²) < 4.78 is 1.79. The zero-order valence-corrected chi connectivity index (χ0v) is 17.7. The van der Waals surface area contributed by atoms with Crippen molar-refractivity contribution in [2.24, 2.45) is 5.92 Å². The van der Waals surface area contributed by atoms with Gasteiger partial charge in [0.2, 0.25) is 0 Å². The highest BCUT2D eigenvalue weighted by molar-refractivity contribution is 6.30. The quantitative estimate of drug-likeness (QED) is 0.491. The van der Waals surface area contributed by atoms with Gasteiger partial charge < -0.3 is 14.6 Å². The van der Waals surface area contributed by atoms with Crippen molar-refractivity contribution in [3.8, 4) is 5.75 Å². The third-order valence-corrected chi connectivity index (χ3v) is 7.06. The molecule has 0 saturated carbocycles. The van der Waals surface area contributed by atoms with E-state index >= 15 is 0 Å². The molecule has 2 atom stereocenters. The SMILES string of the molecule is O=C1c2ccccc2C(=O)c2c1ccc(C(=O)N1CC3C[C@H](C1)c1cccc(=O)n1C3)c2O. The molecule has 3 heterocycles. The number of phenols is 1. The number of phenolic OH excluding ortho intramolecular Hbond substituents is 1. The molecule has 0 spiro atoms. The molecule has 3 aromatic rings. The Labute approximate surface area is 188 Å². The third-order valence-electron chi connectivity index (χ3n) is 7.06. The summed E-state index contributed by atoms with van der Waals surface area (Å²) in [6.45, 7) is 1.43. The molecule has 6 rings (SSSR count). The molecule has 3 aliphatic rings. The van der Waals surface area contributed by atoms with Crippen LogP contribution in [0.3, 0.4) is 0 Å².